The van der Waals surface area contributed by atoms with Crippen LogP contribution in [0.15, 0.2) is 24.7 Å². The Labute approximate surface area is 193 Å². The lowest BCUT2D eigenvalue weighted by Crippen LogP contribution is -2.23. The van der Waals surface area contributed by atoms with Crippen molar-refractivity contribution in [3.63, 3.8) is 0 Å². The van der Waals surface area contributed by atoms with Gasteiger partial charge < -0.3 is 15.2 Å². The van der Waals surface area contributed by atoms with Crippen LogP contribution in [0, 0.1) is 0 Å². The minimum Gasteiger partial charge on any atom is -0.393 e. The number of anilines is 1. The number of hydrogen-bond donors (Lipinski definition) is 2. The second-order valence-electron chi connectivity index (χ2n) is 9.45. The van der Waals surface area contributed by atoms with Gasteiger partial charge in [0.15, 0.2) is 5.78 Å². The molecule has 2 N–H and O–H groups in total. The van der Waals surface area contributed by atoms with Gasteiger partial charge in [0.2, 0.25) is 5.95 Å². The van der Waals surface area contributed by atoms with Crippen LogP contribution in [0.2, 0.25) is 0 Å². The number of aromatic nitrogens is 5. The number of ether oxygens (including phenoxy) is 1. The number of carbonyl (C=O) groups excluding carboxylic acids is 1. The van der Waals surface area contributed by atoms with Crippen molar-refractivity contribution in [1.82, 2.24) is 24.4 Å². The maximum absolute atomic E-state index is 12.2. The molecule has 3 heterocycles. The van der Waals surface area contributed by atoms with Gasteiger partial charge in [-0.3, -0.25) is 9.48 Å². The van der Waals surface area contributed by atoms with E-state index in [1.165, 1.54) is 0 Å². The molecule has 0 amide bonds. The summed E-state index contributed by atoms with van der Waals surface area (Å²) in [6.45, 7) is 2.59. The Bertz CT molecular complexity index is 1130. The van der Waals surface area contributed by atoms with Gasteiger partial charge in [-0.05, 0) is 51.5 Å². The molecule has 3 aromatic heterocycles. The summed E-state index contributed by atoms with van der Waals surface area (Å²) in [7, 11) is 1.68. The van der Waals surface area contributed by atoms with Crippen LogP contribution < -0.4 is 5.32 Å². The minimum atomic E-state index is -0.212. The van der Waals surface area contributed by atoms with Gasteiger partial charge in [0, 0.05) is 48.5 Å². The lowest BCUT2D eigenvalue weighted by molar-refractivity contribution is -0.120. The summed E-state index contributed by atoms with van der Waals surface area (Å²) in [4.78, 5) is 16.8. The first kappa shape index (κ1) is 22.0. The smallest absolute Gasteiger partial charge is 0.241 e. The topological polar surface area (TPSA) is 107 Å². The van der Waals surface area contributed by atoms with Crippen LogP contribution in [-0.4, -0.2) is 61.1 Å². The van der Waals surface area contributed by atoms with E-state index < -0.39 is 0 Å². The molecule has 3 aromatic rings. The van der Waals surface area contributed by atoms with Gasteiger partial charge in [0.25, 0.3) is 0 Å². The average Bonchev–Trinajstić information content (AvgIpc) is 3.52. The van der Waals surface area contributed by atoms with Crippen LogP contribution in [0.4, 0.5) is 5.95 Å². The molecule has 0 bridgehead atoms. The van der Waals surface area contributed by atoms with Crippen LogP contribution in [0.25, 0.3) is 16.6 Å². The van der Waals surface area contributed by atoms with Crippen molar-refractivity contribution in [2.24, 2.45) is 0 Å². The SMILES string of the molecule is COC[C@H](C)Nc1ncc2c(-c3cnn([C@H]4CCCC4=O)c3)cc(C3CCC(O)CC3)n2n1. The summed E-state index contributed by atoms with van der Waals surface area (Å²) >= 11 is 0. The minimum absolute atomic E-state index is 0.0814. The maximum atomic E-state index is 12.2. The number of Topliss-reactive ketones (excluding diaryl/α,β-unsaturated/α-hetero) is 1. The molecule has 0 aromatic carbocycles. The first-order chi connectivity index (χ1) is 16.0. The van der Waals surface area contributed by atoms with Gasteiger partial charge in [-0.1, -0.05) is 0 Å². The molecule has 2 atom stereocenters. The van der Waals surface area contributed by atoms with Crippen molar-refractivity contribution in [3.8, 4) is 11.1 Å². The summed E-state index contributed by atoms with van der Waals surface area (Å²) in [6.07, 6.45) is 11.3. The zero-order valence-corrected chi connectivity index (χ0v) is 19.3. The summed E-state index contributed by atoms with van der Waals surface area (Å²) in [5.41, 5.74) is 4.02. The van der Waals surface area contributed by atoms with Gasteiger partial charge in [0.05, 0.1) is 30.6 Å². The Hall–Kier alpha value is -2.78. The summed E-state index contributed by atoms with van der Waals surface area (Å²) in [5.74, 6) is 1.14. The Balaban J connectivity index is 1.53. The molecule has 0 aliphatic heterocycles. The van der Waals surface area contributed by atoms with Gasteiger partial charge in [-0.2, -0.15) is 5.10 Å². The lowest BCUT2D eigenvalue weighted by atomic mass is 9.85. The van der Waals surface area contributed by atoms with E-state index in [1.807, 2.05) is 34.7 Å². The molecule has 0 spiro atoms. The number of carbonyl (C=O) groups is 1. The number of hydrogen-bond acceptors (Lipinski definition) is 7. The number of methoxy groups -OCH3 is 1. The molecular weight excluding hydrogens is 420 g/mol. The van der Waals surface area contributed by atoms with Crippen molar-refractivity contribution in [3.05, 3.63) is 30.4 Å². The zero-order valence-electron chi connectivity index (χ0n) is 19.3. The Morgan fingerprint density at radius 3 is 2.79 bits per heavy atom. The van der Waals surface area contributed by atoms with Gasteiger partial charge >= 0.3 is 0 Å². The highest BCUT2D eigenvalue weighted by Gasteiger charge is 2.28. The number of fused-ring (bicyclic) bond motifs is 1. The molecular formula is C24H32N6O3. The first-order valence-electron chi connectivity index (χ1n) is 11.9. The van der Waals surface area contributed by atoms with Gasteiger partial charge in [0.1, 0.15) is 6.04 Å². The van der Waals surface area contributed by atoms with E-state index in [-0.39, 0.29) is 24.0 Å². The van der Waals surface area contributed by atoms with E-state index in [2.05, 4.69) is 21.5 Å². The molecule has 2 saturated carbocycles. The van der Waals surface area contributed by atoms with Crippen LogP contribution in [0.3, 0.4) is 0 Å². The quantitative estimate of drug-likeness (QED) is 0.566. The average molecular weight is 453 g/mol. The molecule has 33 heavy (non-hydrogen) atoms. The number of ketones is 1. The molecule has 2 aliphatic rings. The van der Waals surface area contributed by atoms with E-state index in [1.54, 1.807) is 7.11 Å². The largest absolute Gasteiger partial charge is 0.393 e. The highest BCUT2D eigenvalue weighted by atomic mass is 16.5. The number of nitrogens with zero attached hydrogens (tertiary/aromatic N) is 5. The van der Waals surface area contributed by atoms with Crippen LogP contribution in [0.5, 0.6) is 0 Å². The number of aliphatic hydroxyl groups is 1. The van der Waals surface area contributed by atoms with Crippen LogP contribution in [0.1, 0.15) is 69.5 Å². The fourth-order valence-corrected chi connectivity index (χ4v) is 5.21. The standard InChI is InChI=1S/C24H32N6O3/c1-15(14-33-2)27-24-25-12-22-19(17-11-26-29(13-17)20-4-3-5-23(20)32)10-21(30(22)28-24)16-6-8-18(31)9-7-16/h10-13,15-16,18,20,31H,3-9,14H2,1-2H3,(H,27,28)/t15-,16?,18?,20-/m0/s1. The number of rotatable bonds is 7. The predicted molar refractivity (Wildman–Crippen MR) is 124 cm³/mol. The molecule has 0 unspecified atom stereocenters. The fourth-order valence-electron chi connectivity index (χ4n) is 5.21. The summed E-state index contributed by atoms with van der Waals surface area (Å²) in [5, 5.41) is 22.7. The molecule has 2 fully saturated rings. The van der Waals surface area contributed by atoms with Crippen molar-refractivity contribution in [2.75, 3.05) is 19.0 Å². The van der Waals surface area contributed by atoms with Crippen LogP contribution >= 0.6 is 0 Å². The maximum Gasteiger partial charge on any atom is 0.241 e. The second kappa shape index (κ2) is 9.23. The molecule has 9 heteroatoms. The van der Waals surface area contributed by atoms with Crippen LogP contribution in [-0.2, 0) is 9.53 Å². The summed E-state index contributed by atoms with van der Waals surface area (Å²) < 4.78 is 9.03. The van der Waals surface area contributed by atoms with E-state index in [0.29, 0.717) is 24.9 Å². The third-order valence-electron chi connectivity index (χ3n) is 6.96. The zero-order chi connectivity index (χ0) is 22.9. The van der Waals surface area contributed by atoms with E-state index in [4.69, 9.17) is 9.84 Å². The first-order valence-corrected chi connectivity index (χ1v) is 11.9. The highest BCUT2D eigenvalue weighted by molar-refractivity contribution is 5.85. The molecule has 5 rings (SSSR count). The van der Waals surface area contributed by atoms with Crippen molar-refractivity contribution < 1.29 is 14.6 Å². The van der Waals surface area contributed by atoms with E-state index in [0.717, 1.165) is 60.9 Å². The Kier molecular flexibility index (Phi) is 6.16. The number of aliphatic hydroxyl groups excluding tert-OH is 1. The Morgan fingerprint density at radius 1 is 1.24 bits per heavy atom. The predicted octanol–water partition coefficient (Wildman–Crippen LogP) is 3.35. The summed E-state index contributed by atoms with van der Waals surface area (Å²) in [6, 6.07) is 2.12. The van der Waals surface area contributed by atoms with Crippen molar-refractivity contribution in [1.29, 1.82) is 0 Å². The third kappa shape index (κ3) is 4.39. The van der Waals surface area contributed by atoms with E-state index in [9.17, 15) is 9.90 Å². The van der Waals surface area contributed by atoms with Gasteiger partial charge in [-0.25, -0.2) is 9.50 Å². The monoisotopic (exact) mass is 452 g/mol. The van der Waals surface area contributed by atoms with Crippen molar-refractivity contribution in [2.45, 2.75) is 76.0 Å². The van der Waals surface area contributed by atoms with Gasteiger partial charge in [-0.15, -0.1) is 5.10 Å². The molecule has 2 aliphatic carbocycles. The fraction of sp³-hybridized carbons (Fsp3) is 0.583. The Morgan fingerprint density at radius 2 is 2.06 bits per heavy atom. The molecule has 176 valence electrons. The van der Waals surface area contributed by atoms with E-state index >= 15 is 0 Å². The lowest BCUT2D eigenvalue weighted by Gasteiger charge is -2.25. The third-order valence-corrected chi connectivity index (χ3v) is 6.96. The highest BCUT2D eigenvalue weighted by Crippen LogP contribution is 2.38. The normalized spacial score (nSPS) is 24.5. The number of nitrogens with one attached hydrogen (secondary N) is 1. The second-order valence-corrected chi connectivity index (χ2v) is 9.45. The molecule has 0 saturated heterocycles. The molecule has 9 nitrogen and oxygen atoms in total. The molecule has 0 radical (unpaired) electrons. The van der Waals surface area contributed by atoms with Crippen molar-refractivity contribution >= 4 is 17.2 Å².